The fraction of sp³-hybridized carbons (Fsp3) is 0.250. The van der Waals surface area contributed by atoms with Crippen LogP contribution >= 0.6 is 11.3 Å². The second-order valence-electron chi connectivity index (χ2n) is 5.10. The zero-order valence-corrected chi connectivity index (χ0v) is 14.7. The number of hydrogen-bond donors (Lipinski definition) is 1. The summed E-state index contributed by atoms with van der Waals surface area (Å²) in [6, 6.07) is 7.11. The Morgan fingerprint density at radius 2 is 2.00 bits per heavy atom. The van der Waals surface area contributed by atoms with Gasteiger partial charge in [-0.05, 0) is 25.1 Å². The van der Waals surface area contributed by atoms with Gasteiger partial charge < -0.3 is 19.3 Å². The fourth-order valence-electron chi connectivity index (χ4n) is 2.20. The third-order valence-electron chi connectivity index (χ3n) is 3.34. The van der Waals surface area contributed by atoms with Crippen molar-refractivity contribution in [3.8, 4) is 22.8 Å². The quantitative estimate of drug-likeness (QED) is 0.721. The summed E-state index contributed by atoms with van der Waals surface area (Å²) in [6.07, 6.45) is 0.0788. The second-order valence-corrected chi connectivity index (χ2v) is 6.29. The highest BCUT2D eigenvalue weighted by Gasteiger charge is 2.14. The number of methoxy groups -OCH3 is 2. The second kappa shape index (κ2) is 7.31. The minimum absolute atomic E-state index is 0.0788. The Labute approximate surface area is 147 Å². The predicted octanol–water partition coefficient (Wildman–Crippen LogP) is 2.70. The third kappa shape index (κ3) is 3.94. The molecule has 9 heteroatoms. The summed E-state index contributed by atoms with van der Waals surface area (Å²) >= 11 is 1.31. The van der Waals surface area contributed by atoms with Crippen molar-refractivity contribution in [2.24, 2.45) is 0 Å². The number of ether oxygens (including phenoxy) is 2. The number of hydrogen-bond acceptors (Lipinski definition) is 8. The molecule has 0 unspecified atom stereocenters. The van der Waals surface area contributed by atoms with Crippen LogP contribution in [0.15, 0.2) is 28.8 Å². The molecule has 1 N–H and O–H groups in total. The van der Waals surface area contributed by atoms with E-state index in [1.54, 1.807) is 32.4 Å². The van der Waals surface area contributed by atoms with Crippen LogP contribution in [0.4, 0.5) is 5.13 Å². The van der Waals surface area contributed by atoms with Crippen LogP contribution in [-0.4, -0.2) is 35.5 Å². The molecule has 0 atom stereocenters. The number of carbonyl (C=O) groups excluding carboxylic acids is 1. The molecule has 3 rings (SSSR count). The fourth-order valence-corrected chi connectivity index (χ4v) is 2.80. The normalized spacial score (nSPS) is 10.5. The maximum Gasteiger partial charge on any atom is 0.232 e. The van der Waals surface area contributed by atoms with Gasteiger partial charge in [-0.3, -0.25) is 4.79 Å². The molecule has 8 nitrogen and oxygen atoms in total. The number of carbonyl (C=O) groups is 1. The van der Waals surface area contributed by atoms with Crippen molar-refractivity contribution >= 4 is 22.4 Å². The highest BCUT2D eigenvalue weighted by molar-refractivity contribution is 7.15. The van der Waals surface area contributed by atoms with Gasteiger partial charge in [-0.15, -0.1) is 10.2 Å². The molecule has 2 aromatic heterocycles. The highest BCUT2D eigenvalue weighted by atomic mass is 32.1. The van der Waals surface area contributed by atoms with Gasteiger partial charge in [0.1, 0.15) is 5.01 Å². The number of aromatic nitrogens is 3. The molecule has 0 aliphatic heterocycles. The monoisotopic (exact) mass is 360 g/mol. The lowest BCUT2D eigenvalue weighted by Crippen LogP contribution is -2.14. The van der Waals surface area contributed by atoms with Crippen molar-refractivity contribution < 1.29 is 18.8 Å². The first-order chi connectivity index (χ1) is 12.1. The van der Waals surface area contributed by atoms with Crippen LogP contribution in [0.2, 0.25) is 0 Å². The predicted molar refractivity (Wildman–Crippen MR) is 92.0 cm³/mol. The first-order valence-electron chi connectivity index (χ1n) is 7.37. The van der Waals surface area contributed by atoms with Crippen molar-refractivity contribution in [2.45, 2.75) is 13.3 Å². The molecule has 0 saturated heterocycles. The maximum absolute atomic E-state index is 12.0. The van der Waals surface area contributed by atoms with Crippen LogP contribution < -0.4 is 14.8 Å². The van der Waals surface area contributed by atoms with Crippen molar-refractivity contribution in [1.82, 2.24) is 15.4 Å². The summed E-state index contributed by atoms with van der Waals surface area (Å²) in [7, 11) is 3.13. The maximum atomic E-state index is 12.0. The molecular weight excluding hydrogens is 344 g/mol. The summed E-state index contributed by atoms with van der Waals surface area (Å²) < 4.78 is 15.8. The van der Waals surface area contributed by atoms with Crippen molar-refractivity contribution in [3.05, 3.63) is 35.0 Å². The summed E-state index contributed by atoms with van der Waals surface area (Å²) in [5, 5.41) is 15.6. The van der Waals surface area contributed by atoms with Crippen LogP contribution in [0.25, 0.3) is 11.3 Å². The first kappa shape index (κ1) is 16.9. The topological polar surface area (TPSA) is 99.4 Å². The van der Waals surface area contributed by atoms with E-state index in [2.05, 4.69) is 20.7 Å². The molecule has 2 heterocycles. The van der Waals surface area contributed by atoms with Gasteiger partial charge in [0, 0.05) is 11.6 Å². The smallest absolute Gasteiger partial charge is 0.232 e. The molecule has 3 aromatic rings. The average molecular weight is 360 g/mol. The lowest BCUT2D eigenvalue weighted by atomic mass is 10.1. The number of anilines is 1. The van der Waals surface area contributed by atoms with Crippen molar-refractivity contribution in [3.63, 3.8) is 0 Å². The van der Waals surface area contributed by atoms with Gasteiger partial charge in [-0.1, -0.05) is 16.5 Å². The molecule has 1 amide bonds. The molecule has 0 aliphatic carbocycles. The Morgan fingerprint density at radius 3 is 2.68 bits per heavy atom. The minimum Gasteiger partial charge on any atom is -0.493 e. The lowest BCUT2D eigenvalue weighted by molar-refractivity contribution is -0.115. The van der Waals surface area contributed by atoms with E-state index < -0.39 is 0 Å². The Kier molecular flexibility index (Phi) is 4.94. The van der Waals surface area contributed by atoms with Crippen molar-refractivity contribution in [2.75, 3.05) is 19.5 Å². The zero-order chi connectivity index (χ0) is 17.8. The Bertz CT molecular complexity index is 890. The van der Waals surface area contributed by atoms with Gasteiger partial charge in [0.05, 0.1) is 26.3 Å². The van der Waals surface area contributed by atoms with Crippen LogP contribution in [0.5, 0.6) is 11.5 Å². The van der Waals surface area contributed by atoms with E-state index in [1.807, 2.05) is 13.0 Å². The first-order valence-corrected chi connectivity index (χ1v) is 8.18. The number of rotatable bonds is 6. The Hall–Kier alpha value is -2.94. The minimum atomic E-state index is -0.233. The molecule has 0 radical (unpaired) electrons. The molecule has 25 heavy (non-hydrogen) atoms. The standard InChI is InChI=1S/C16H16N4O4S/c1-9-18-19-16(25-9)17-15(21)8-11-7-13(24-20-11)10-4-5-12(22-2)14(6-10)23-3/h4-7H,8H2,1-3H3,(H,17,19,21). The molecule has 0 aliphatic rings. The lowest BCUT2D eigenvalue weighted by Gasteiger charge is -2.07. The Morgan fingerprint density at radius 1 is 1.20 bits per heavy atom. The summed E-state index contributed by atoms with van der Waals surface area (Å²) in [6.45, 7) is 1.82. The van der Waals surface area contributed by atoms with E-state index >= 15 is 0 Å². The zero-order valence-electron chi connectivity index (χ0n) is 13.9. The van der Waals surface area contributed by atoms with E-state index in [0.29, 0.717) is 28.1 Å². The summed E-state index contributed by atoms with van der Waals surface area (Å²) in [5.41, 5.74) is 1.29. The number of nitrogens with one attached hydrogen (secondary N) is 1. The van der Waals surface area contributed by atoms with Gasteiger partial charge in [0.15, 0.2) is 17.3 Å². The van der Waals surface area contributed by atoms with Gasteiger partial charge in [-0.2, -0.15) is 0 Å². The van der Waals surface area contributed by atoms with E-state index in [0.717, 1.165) is 10.6 Å². The van der Waals surface area contributed by atoms with Crippen LogP contribution in [-0.2, 0) is 11.2 Å². The molecular formula is C16H16N4O4S. The molecule has 130 valence electrons. The number of nitrogens with zero attached hydrogens (tertiary/aromatic N) is 3. The number of aryl methyl sites for hydroxylation is 1. The van der Waals surface area contributed by atoms with E-state index in [4.69, 9.17) is 14.0 Å². The van der Waals surface area contributed by atoms with Crippen LogP contribution in [0.1, 0.15) is 10.7 Å². The van der Waals surface area contributed by atoms with Gasteiger partial charge in [0.2, 0.25) is 11.0 Å². The molecule has 1 aromatic carbocycles. The molecule has 0 bridgehead atoms. The SMILES string of the molecule is COc1ccc(-c2cc(CC(=O)Nc3nnc(C)s3)no2)cc1OC. The van der Waals surface area contributed by atoms with E-state index in [9.17, 15) is 4.79 Å². The number of benzene rings is 1. The summed E-state index contributed by atoms with van der Waals surface area (Å²) in [4.78, 5) is 12.0. The van der Waals surface area contributed by atoms with Crippen molar-refractivity contribution in [1.29, 1.82) is 0 Å². The molecule has 0 spiro atoms. The molecule has 0 fully saturated rings. The van der Waals surface area contributed by atoms with E-state index in [1.165, 1.54) is 11.3 Å². The highest BCUT2D eigenvalue weighted by Crippen LogP contribution is 2.32. The van der Waals surface area contributed by atoms with Gasteiger partial charge in [-0.25, -0.2) is 0 Å². The molecule has 0 saturated carbocycles. The Balaban J connectivity index is 1.70. The van der Waals surface area contributed by atoms with Crippen LogP contribution in [0, 0.1) is 6.92 Å². The number of amides is 1. The van der Waals surface area contributed by atoms with E-state index in [-0.39, 0.29) is 12.3 Å². The average Bonchev–Trinajstić information content (AvgIpc) is 3.23. The third-order valence-corrected chi connectivity index (χ3v) is 4.10. The van der Waals surface area contributed by atoms with Gasteiger partial charge >= 0.3 is 0 Å². The van der Waals surface area contributed by atoms with Crippen LogP contribution in [0.3, 0.4) is 0 Å². The largest absolute Gasteiger partial charge is 0.493 e. The summed E-state index contributed by atoms with van der Waals surface area (Å²) in [5.74, 6) is 1.51. The van der Waals surface area contributed by atoms with Gasteiger partial charge in [0.25, 0.3) is 0 Å².